The molecule has 3 aromatic rings. The van der Waals surface area contributed by atoms with E-state index in [0.717, 1.165) is 6.42 Å². The van der Waals surface area contributed by atoms with E-state index in [4.69, 9.17) is 4.63 Å². The average Bonchev–Trinajstić information content (AvgIpc) is 3.39. The molecule has 0 spiro atoms. The molecule has 1 aromatic carbocycles. The second-order valence-corrected chi connectivity index (χ2v) is 8.74. The van der Waals surface area contributed by atoms with Crippen LogP contribution in [0.3, 0.4) is 0 Å². The molecule has 2 heterocycles. The Kier molecular flexibility index (Phi) is 6.41. The van der Waals surface area contributed by atoms with E-state index in [0.29, 0.717) is 41.1 Å². The van der Waals surface area contributed by atoms with Gasteiger partial charge in [0, 0.05) is 18.0 Å². The Morgan fingerprint density at radius 3 is 2.79 bits per heavy atom. The number of benzene rings is 1. The zero-order valence-electron chi connectivity index (χ0n) is 18.3. The summed E-state index contributed by atoms with van der Waals surface area (Å²) in [6.45, 7) is 2.28. The highest BCUT2D eigenvalue weighted by Crippen LogP contribution is 2.29. The van der Waals surface area contributed by atoms with E-state index in [1.807, 2.05) is 0 Å². The van der Waals surface area contributed by atoms with E-state index in [-0.39, 0.29) is 12.1 Å². The predicted molar refractivity (Wildman–Crippen MR) is 119 cm³/mol. The molecule has 1 fully saturated rings. The molecule has 1 aliphatic carbocycles. The van der Waals surface area contributed by atoms with Crippen molar-refractivity contribution in [1.82, 2.24) is 20.6 Å². The van der Waals surface area contributed by atoms with Crippen LogP contribution < -0.4 is 16.0 Å². The molecule has 11 heteroatoms. The summed E-state index contributed by atoms with van der Waals surface area (Å²) in [5.74, 6) is -0.162. The molecule has 4 rings (SSSR count). The van der Waals surface area contributed by atoms with Crippen LogP contribution in [0.25, 0.3) is 11.0 Å². The van der Waals surface area contributed by atoms with Crippen molar-refractivity contribution in [3.63, 3.8) is 0 Å². The van der Waals surface area contributed by atoms with E-state index in [1.54, 1.807) is 24.3 Å². The summed E-state index contributed by atoms with van der Waals surface area (Å²) in [5.41, 5.74) is 0.778. The third kappa shape index (κ3) is 5.36. The number of aliphatic hydroxyl groups is 1. The topological polar surface area (TPSA) is 125 Å². The van der Waals surface area contributed by atoms with Crippen LogP contribution >= 0.6 is 0 Å². The van der Waals surface area contributed by atoms with Crippen LogP contribution in [0.2, 0.25) is 0 Å². The smallest absolute Gasteiger partial charge is 0.255 e. The number of alkyl halides is 2. The van der Waals surface area contributed by atoms with E-state index in [1.165, 1.54) is 20.0 Å². The van der Waals surface area contributed by atoms with Crippen LogP contribution in [0.15, 0.2) is 35.1 Å². The number of hydrogen-bond donors (Lipinski definition) is 4. The van der Waals surface area contributed by atoms with Gasteiger partial charge < -0.3 is 21.1 Å². The Labute approximate surface area is 188 Å². The molecule has 0 radical (unpaired) electrons. The lowest BCUT2D eigenvalue weighted by molar-refractivity contribution is -0.00177. The minimum Gasteiger partial charge on any atom is -0.387 e. The summed E-state index contributed by atoms with van der Waals surface area (Å²) < 4.78 is 33.1. The number of anilines is 3. The molecule has 0 aliphatic heterocycles. The third-order valence-corrected chi connectivity index (χ3v) is 5.66. The first-order valence-electron chi connectivity index (χ1n) is 10.8. The molecule has 0 saturated heterocycles. The first-order chi connectivity index (χ1) is 15.7. The maximum absolute atomic E-state index is 14.3. The van der Waals surface area contributed by atoms with Crippen molar-refractivity contribution in [2.24, 2.45) is 0 Å². The molecule has 3 atom stereocenters. The van der Waals surface area contributed by atoms with Crippen molar-refractivity contribution in [3.05, 3.63) is 36.0 Å². The number of rotatable bonds is 8. The molecular formula is C22H26F2N6O3. The number of carbonyl (C=O) groups is 1. The zero-order valence-corrected chi connectivity index (χ0v) is 18.3. The summed E-state index contributed by atoms with van der Waals surface area (Å²) in [7, 11) is 0. The summed E-state index contributed by atoms with van der Waals surface area (Å²) in [6.07, 6.45) is 0.494. The highest BCUT2D eigenvalue weighted by Gasteiger charge is 2.29. The minimum atomic E-state index is -1.65. The van der Waals surface area contributed by atoms with Crippen LogP contribution in [0.4, 0.5) is 26.0 Å². The van der Waals surface area contributed by atoms with Gasteiger partial charge in [0.15, 0.2) is 0 Å². The second kappa shape index (κ2) is 9.26. The standard InChI is InChI=1S/C22H26F2N6O3/c1-22(2,32)19(24)11-26-21(31)13-10-25-20(9-17(13)28-15-5-3-4-14(15)23)27-12-6-7-16-18(8-12)30-33-29-16/h6-10,14-15,19,32H,3-5,11H2,1-2H3,(H,26,31)(H2,25,27,28)/t14?,15-,19-/m1/s1. The van der Waals surface area contributed by atoms with Gasteiger partial charge in [0.25, 0.3) is 5.91 Å². The highest BCUT2D eigenvalue weighted by molar-refractivity contribution is 6.00. The van der Waals surface area contributed by atoms with Gasteiger partial charge in [-0.25, -0.2) is 18.4 Å². The lowest BCUT2D eigenvalue weighted by Crippen LogP contribution is -2.42. The molecule has 0 bridgehead atoms. The number of nitrogens with one attached hydrogen (secondary N) is 3. The fourth-order valence-corrected chi connectivity index (χ4v) is 3.64. The molecule has 2 aromatic heterocycles. The highest BCUT2D eigenvalue weighted by atomic mass is 19.1. The molecule has 1 aliphatic rings. The monoisotopic (exact) mass is 460 g/mol. The SMILES string of the molecule is CC(C)(O)[C@H](F)CNC(=O)c1cnc(Nc2ccc3nonc3c2)cc1N[C@@H]1CCCC1F. The van der Waals surface area contributed by atoms with E-state index >= 15 is 0 Å². The van der Waals surface area contributed by atoms with Gasteiger partial charge >= 0.3 is 0 Å². The Balaban J connectivity index is 1.56. The number of halogens is 2. The molecule has 9 nitrogen and oxygen atoms in total. The van der Waals surface area contributed by atoms with Gasteiger partial charge in [-0.15, -0.1) is 0 Å². The van der Waals surface area contributed by atoms with Gasteiger partial charge in [0.2, 0.25) is 0 Å². The molecule has 4 N–H and O–H groups in total. The second-order valence-electron chi connectivity index (χ2n) is 8.74. The van der Waals surface area contributed by atoms with E-state index in [9.17, 15) is 18.7 Å². The van der Waals surface area contributed by atoms with Crippen molar-refractivity contribution >= 4 is 34.1 Å². The number of nitrogens with zero attached hydrogens (tertiary/aromatic N) is 3. The maximum atomic E-state index is 14.3. The van der Waals surface area contributed by atoms with Gasteiger partial charge in [-0.05, 0) is 61.6 Å². The number of aromatic nitrogens is 3. The average molecular weight is 460 g/mol. The van der Waals surface area contributed by atoms with Crippen LogP contribution in [0.5, 0.6) is 0 Å². The van der Waals surface area contributed by atoms with Gasteiger partial charge in [-0.1, -0.05) is 0 Å². The summed E-state index contributed by atoms with van der Waals surface area (Å²) >= 11 is 0. The Morgan fingerprint density at radius 1 is 1.27 bits per heavy atom. The lowest BCUT2D eigenvalue weighted by Gasteiger charge is -2.23. The lowest BCUT2D eigenvalue weighted by atomic mass is 10.0. The van der Waals surface area contributed by atoms with Crippen LogP contribution in [0, 0.1) is 0 Å². The number of carbonyl (C=O) groups excluding carboxylic acids is 1. The van der Waals surface area contributed by atoms with E-state index < -0.39 is 29.9 Å². The molecular weight excluding hydrogens is 434 g/mol. The Bertz CT molecular complexity index is 1130. The quantitative estimate of drug-likeness (QED) is 0.403. The van der Waals surface area contributed by atoms with Crippen molar-refractivity contribution in [1.29, 1.82) is 0 Å². The Morgan fingerprint density at radius 2 is 2.06 bits per heavy atom. The molecule has 176 valence electrons. The van der Waals surface area contributed by atoms with Crippen LogP contribution in [-0.2, 0) is 0 Å². The van der Waals surface area contributed by atoms with Crippen LogP contribution in [-0.4, -0.2) is 56.8 Å². The number of fused-ring (bicyclic) bond motifs is 1. The fraction of sp³-hybridized carbons (Fsp3) is 0.455. The van der Waals surface area contributed by atoms with Crippen molar-refractivity contribution < 1.29 is 23.3 Å². The largest absolute Gasteiger partial charge is 0.387 e. The van der Waals surface area contributed by atoms with Gasteiger partial charge in [-0.2, -0.15) is 0 Å². The van der Waals surface area contributed by atoms with E-state index in [2.05, 4.69) is 31.2 Å². The van der Waals surface area contributed by atoms with Crippen molar-refractivity contribution in [2.45, 2.75) is 57.1 Å². The number of amides is 1. The van der Waals surface area contributed by atoms with Crippen molar-refractivity contribution in [3.8, 4) is 0 Å². The molecule has 1 saturated carbocycles. The summed E-state index contributed by atoms with van der Waals surface area (Å²) in [5, 5.41) is 26.0. The van der Waals surface area contributed by atoms with Gasteiger partial charge in [0.1, 0.15) is 29.2 Å². The summed E-state index contributed by atoms with van der Waals surface area (Å²) in [4.78, 5) is 17.0. The summed E-state index contributed by atoms with van der Waals surface area (Å²) in [6, 6.07) is 6.41. The molecule has 1 amide bonds. The third-order valence-electron chi connectivity index (χ3n) is 5.66. The maximum Gasteiger partial charge on any atom is 0.255 e. The van der Waals surface area contributed by atoms with Crippen LogP contribution in [0.1, 0.15) is 43.5 Å². The zero-order chi connectivity index (χ0) is 23.6. The molecule has 1 unspecified atom stereocenters. The van der Waals surface area contributed by atoms with Gasteiger partial charge in [0.05, 0.1) is 29.4 Å². The fourth-order valence-electron chi connectivity index (χ4n) is 3.64. The first-order valence-corrected chi connectivity index (χ1v) is 10.8. The predicted octanol–water partition coefficient (Wildman–Crippen LogP) is 3.50. The Hall–Kier alpha value is -3.34. The van der Waals surface area contributed by atoms with Gasteiger partial charge in [-0.3, -0.25) is 4.79 Å². The number of pyridine rings is 1. The minimum absolute atomic E-state index is 0.152. The normalized spacial score (nSPS) is 19.4. The molecule has 33 heavy (non-hydrogen) atoms. The van der Waals surface area contributed by atoms with Crippen molar-refractivity contribution in [2.75, 3.05) is 17.2 Å². The first kappa shape index (κ1) is 22.8. The number of hydrogen-bond acceptors (Lipinski definition) is 8.